The van der Waals surface area contributed by atoms with Gasteiger partial charge in [0.1, 0.15) is 0 Å². The summed E-state index contributed by atoms with van der Waals surface area (Å²) in [5, 5.41) is 0. The molecule has 0 fully saturated rings. The highest BCUT2D eigenvalue weighted by Gasteiger charge is 2.40. The molecule has 3 aromatic rings. The van der Waals surface area contributed by atoms with Crippen molar-refractivity contribution in [2.24, 2.45) is 11.8 Å². The largest absolute Gasteiger partial charge is 0.314 e. The van der Waals surface area contributed by atoms with E-state index in [1.54, 1.807) is 0 Å². The quantitative estimate of drug-likeness (QED) is 0.218. The minimum Gasteiger partial charge on any atom is -0.314 e. The average molecular weight is 658 g/mol. The molecular weight excluding hydrogens is 591 g/mol. The van der Waals surface area contributed by atoms with Crippen molar-refractivity contribution in [3.63, 3.8) is 0 Å². The fraction of sp³-hybridized carbons (Fsp3) is 0.542. The molecule has 264 valence electrons. The summed E-state index contributed by atoms with van der Waals surface area (Å²) in [5.74, 6) is 1.08. The van der Waals surface area contributed by atoms with Gasteiger partial charge >= 0.3 is 0 Å². The predicted octanol–water partition coefficient (Wildman–Crippen LogP) is 13.9. The Bertz CT molecular complexity index is 1670. The molecule has 2 aliphatic carbocycles. The van der Waals surface area contributed by atoms with Gasteiger partial charge in [0.2, 0.25) is 0 Å². The molecule has 2 aliphatic rings. The summed E-state index contributed by atoms with van der Waals surface area (Å²) in [6.07, 6.45) is 8.34. The fourth-order valence-electron chi connectivity index (χ4n) is 8.64. The highest BCUT2D eigenvalue weighted by Crippen LogP contribution is 2.51. The highest BCUT2D eigenvalue weighted by molar-refractivity contribution is 5.77. The number of aryl methyl sites for hydroxylation is 2. The molecule has 0 saturated heterocycles. The van der Waals surface area contributed by atoms with Crippen LogP contribution in [0.2, 0.25) is 0 Å². The molecule has 0 unspecified atom stereocenters. The molecule has 3 aromatic carbocycles. The number of nitrogens with zero attached hydrogens (tertiary/aromatic N) is 1. The summed E-state index contributed by atoms with van der Waals surface area (Å²) < 4.78 is 0. The normalized spacial score (nSPS) is 20.3. The van der Waals surface area contributed by atoms with Crippen LogP contribution < -0.4 is 4.90 Å². The van der Waals surface area contributed by atoms with Crippen molar-refractivity contribution < 1.29 is 0 Å². The fourth-order valence-corrected chi connectivity index (χ4v) is 8.64. The third kappa shape index (κ3) is 7.25. The van der Waals surface area contributed by atoms with Crippen molar-refractivity contribution in [2.45, 2.75) is 158 Å². The van der Waals surface area contributed by atoms with Crippen LogP contribution in [-0.4, -0.2) is 0 Å². The molecule has 49 heavy (non-hydrogen) atoms. The third-order valence-corrected chi connectivity index (χ3v) is 13.0. The van der Waals surface area contributed by atoms with E-state index in [-0.39, 0.29) is 21.7 Å². The first-order valence-electron chi connectivity index (χ1n) is 19.2. The standard InChI is InChI=1S/C48H67N/c1-31(2)35(6)36(7)38(28-37-19-17-16-18-20-37)27-34(5)49(43-29-41-39(25-32(43)3)45(8,9)21-23-47(41,12)13)44-30-42-40(26-33(44)4)46(10,11)22-24-48(42,14)15/h16-20,25-27,29-31,35H,21-24,28H2,1-15H3/b34-27+,38-36?/t35-/m1/s1. The number of fused-ring (bicyclic) bond motifs is 2. The topological polar surface area (TPSA) is 3.24 Å². The monoisotopic (exact) mass is 658 g/mol. The Labute approximate surface area is 301 Å². The van der Waals surface area contributed by atoms with Gasteiger partial charge in [-0.25, -0.2) is 0 Å². The van der Waals surface area contributed by atoms with Crippen LogP contribution in [0.4, 0.5) is 11.4 Å². The molecule has 0 saturated carbocycles. The van der Waals surface area contributed by atoms with Crippen LogP contribution >= 0.6 is 0 Å². The Morgan fingerprint density at radius 3 is 1.41 bits per heavy atom. The summed E-state index contributed by atoms with van der Waals surface area (Å²) in [6.45, 7) is 36.2. The van der Waals surface area contributed by atoms with E-state index in [1.807, 2.05) is 0 Å². The number of benzene rings is 3. The molecule has 0 spiro atoms. The lowest BCUT2D eigenvalue weighted by Crippen LogP contribution is -2.35. The Hall–Kier alpha value is -3.06. The van der Waals surface area contributed by atoms with E-state index in [1.165, 1.54) is 92.8 Å². The summed E-state index contributed by atoms with van der Waals surface area (Å²) in [4.78, 5) is 2.64. The van der Waals surface area contributed by atoms with E-state index in [0.717, 1.165) is 6.42 Å². The van der Waals surface area contributed by atoms with Crippen molar-refractivity contribution >= 4 is 11.4 Å². The Morgan fingerprint density at radius 2 is 1.02 bits per heavy atom. The summed E-state index contributed by atoms with van der Waals surface area (Å²) >= 11 is 0. The maximum Gasteiger partial charge on any atom is 0.0490 e. The SMILES string of the molecule is CC(=C(/C=C(\C)N(c1cc2c(cc1C)C(C)(C)CCC2(C)C)c1cc2c(cc1C)C(C)(C)CCC2(C)C)Cc1ccccc1)[C@H](C)C(C)C. The highest BCUT2D eigenvalue weighted by atomic mass is 15.1. The molecule has 0 bridgehead atoms. The molecular formula is C48H67N. The van der Waals surface area contributed by atoms with Gasteiger partial charge < -0.3 is 4.90 Å². The molecule has 0 amide bonds. The van der Waals surface area contributed by atoms with Gasteiger partial charge in [-0.1, -0.05) is 124 Å². The molecule has 5 rings (SSSR count). The van der Waals surface area contributed by atoms with Gasteiger partial charge in [-0.15, -0.1) is 0 Å². The number of rotatable bonds is 8. The van der Waals surface area contributed by atoms with Crippen molar-refractivity contribution in [3.8, 4) is 0 Å². The molecule has 0 heterocycles. The number of hydrogen-bond donors (Lipinski definition) is 0. The zero-order chi connectivity index (χ0) is 36.3. The van der Waals surface area contributed by atoms with Crippen LogP contribution in [0.1, 0.15) is 155 Å². The lowest BCUT2D eigenvalue weighted by atomic mass is 9.62. The van der Waals surface area contributed by atoms with Gasteiger partial charge in [-0.3, -0.25) is 0 Å². The third-order valence-electron chi connectivity index (χ3n) is 13.0. The number of hydrogen-bond acceptors (Lipinski definition) is 1. The van der Waals surface area contributed by atoms with Gasteiger partial charge in [-0.05, 0) is 156 Å². The van der Waals surface area contributed by atoms with E-state index in [9.17, 15) is 0 Å². The predicted molar refractivity (Wildman–Crippen MR) is 216 cm³/mol. The molecule has 1 nitrogen and oxygen atoms in total. The Balaban J connectivity index is 1.81. The first kappa shape index (κ1) is 37.2. The van der Waals surface area contributed by atoms with E-state index in [2.05, 4.69) is 169 Å². The van der Waals surface area contributed by atoms with Crippen molar-refractivity contribution in [2.75, 3.05) is 4.90 Å². The first-order chi connectivity index (χ1) is 22.7. The molecule has 0 aliphatic heterocycles. The molecule has 0 aromatic heterocycles. The van der Waals surface area contributed by atoms with Crippen LogP contribution in [0.15, 0.2) is 77.5 Å². The van der Waals surface area contributed by atoms with Crippen LogP contribution in [0.25, 0.3) is 0 Å². The van der Waals surface area contributed by atoms with Crippen LogP contribution in [0.5, 0.6) is 0 Å². The van der Waals surface area contributed by atoms with E-state index in [4.69, 9.17) is 0 Å². The molecule has 0 radical (unpaired) electrons. The average Bonchev–Trinajstić information content (AvgIpc) is 3.02. The van der Waals surface area contributed by atoms with Crippen molar-refractivity contribution in [1.29, 1.82) is 0 Å². The summed E-state index contributed by atoms with van der Waals surface area (Å²) in [6, 6.07) is 21.3. The van der Waals surface area contributed by atoms with Crippen molar-refractivity contribution in [1.82, 2.24) is 0 Å². The minimum absolute atomic E-state index is 0.134. The van der Waals surface area contributed by atoms with E-state index < -0.39 is 0 Å². The Kier molecular flexibility index (Phi) is 10.1. The lowest BCUT2D eigenvalue weighted by molar-refractivity contribution is 0.331. The van der Waals surface area contributed by atoms with Gasteiger partial charge in [0.05, 0.1) is 0 Å². The van der Waals surface area contributed by atoms with Crippen LogP contribution in [0, 0.1) is 25.7 Å². The maximum atomic E-state index is 2.64. The lowest BCUT2D eigenvalue weighted by Gasteiger charge is -2.44. The second kappa shape index (κ2) is 13.2. The van der Waals surface area contributed by atoms with Crippen LogP contribution in [-0.2, 0) is 28.1 Å². The second-order valence-electron chi connectivity index (χ2n) is 18.9. The van der Waals surface area contributed by atoms with E-state index >= 15 is 0 Å². The summed E-state index contributed by atoms with van der Waals surface area (Å²) in [7, 11) is 0. The molecule has 1 heteroatoms. The van der Waals surface area contributed by atoms with Gasteiger partial charge in [-0.2, -0.15) is 0 Å². The maximum absolute atomic E-state index is 2.64. The smallest absolute Gasteiger partial charge is 0.0490 e. The molecule has 1 atom stereocenters. The van der Waals surface area contributed by atoms with Gasteiger partial charge in [0, 0.05) is 17.1 Å². The summed E-state index contributed by atoms with van der Waals surface area (Å²) in [5.41, 5.74) is 17.7. The van der Waals surface area contributed by atoms with Gasteiger partial charge in [0.15, 0.2) is 0 Å². The van der Waals surface area contributed by atoms with Crippen molar-refractivity contribution in [3.05, 3.63) is 116 Å². The zero-order valence-electron chi connectivity index (χ0n) is 33.9. The molecule has 0 N–H and O–H groups in total. The minimum atomic E-state index is 0.134. The van der Waals surface area contributed by atoms with Crippen LogP contribution in [0.3, 0.4) is 0 Å². The second-order valence-corrected chi connectivity index (χ2v) is 18.9. The zero-order valence-corrected chi connectivity index (χ0v) is 33.9. The number of anilines is 2. The van der Waals surface area contributed by atoms with Gasteiger partial charge in [0.25, 0.3) is 0 Å². The number of allylic oxidation sites excluding steroid dienone is 4. The van der Waals surface area contributed by atoms with E-state index in [0.29, 0.717) is 11.8 Å². The Morgan fingerprint density at radius 1 is 0.633 bits per heavy atom. The first-order valence-corrected chi connectivity index (χ1v) is 19.2.